The summed E-state index contributed by atoms with van der Waals surface area (Å²) in [4.78, 5) is 10.0. The SMILES string of the molecule is O=[N+]([O-])c1ccc(S(=O)(=O)N2CC[C@H]3CNC[C@H]32)c(Cl)c1. The van der Waals surface area contributed by atoms with E-state index in [-0.39, 0.29) is 21.6 Å². The van der Waals surface area contributed by atoms with Crippen molar-refractivity contribution < 1.29 is 13.3 Å². The number of hydrogen-bond donors (Lipinski definition) is 1. The van der Waals surface area contributed by atoms with Crippen LogP contribution in [-0.2, 0) is 10.0 Å². The van der Waals surface area contributed by atoms with E-state index in [2.05, 4.69) is 5.32 Å². The van der Waals surface area contributed by atoms with Gasteiger partial charge in [0.1, 0.15) is 4.90 Å². The van der Waals surface area contributed by atoms with Gasteiger partial charge in [0.2, 0.25) is 10.0 Å². The van der Waals surface area contributed by atoms with Gasteiger partial charge in [-0.3, -0.25) is 10.1 Å². The molecule has 21 heavy (non-hydrogen) atoms. The van der Waals surface area contributed by atoms with Crippen LogP contribution in [0.1, 0.15) is 6.42 Å². The molecule has 1 N–H and O–H groups in total. The number of fused-ring (bicyclic) bond motifs is 1. The number of rotatable bonds is 3. The number of sulfonamides is 1. The van der Waals surface area contributed by atoms with Crippen LogP contribution in [0.4, 0.5) is 5.69 Å². The molecule has 2 fully saturated rings. The van der Waals surface area contributed by atoms with E-state index in [9.17, 15) is 18.5 Å². The lowest BCUT2D eigenvalue weighted by Crippen LogP contribution is -2.39. The second-order valence-electron chi connectivity index (χ2n) is 5.26. The summed E-state index contributed by atoms with van der Waals surface area (Å²) < 4.78 is 26.9. The summed E-state index contributed by atoms with van der Waals surface area (Å²) in [5, 5.41) is 13.8. The Bertz CT molecular complexity index is 694. The van der Waals surface area contributed by atoms with Gasteiger partial charge in [0.15, 0.2) is 0 Å². The zero-order valence-corrected chi connectivity index (χ0v) is 12.6. The molecule has 0 radical (unpaired) electrons. The molecule has 1 aromatic rings. The van der Waals surface area contributed by atoms with Gasteiger partial charge in [-0.1, -0.05) is 11.6 Å². The Morgan fingerprint density at radius 2 is 2.14 bits per heavy atom. The number of nitrogens with zero attached hydrogens (tertiary/aromatic N) is 2. The zero-order valence-electron chi connectivity index (χ0n) is 11.0. The summed E-state index contributed by atoms with van der Waals surface area (Å²) in [6.07, 6.45) is 0.821. The average Bonchev–Trinajstić information content (AvgIpc) is 2.99. The molecular weight excluding hydrogens is 318 g/mol. The van der Waals surface area contributed by atoms with E-state index in [0.717, 1.165) is 19.0 Å². The van der Waals surface area contributed by atoms with Gasteiger partial charge in [0, 0.05) is 31.3 Å². The van der Waals surface area contributed by atoms with E-state index < -0.39 is 14.9 Å². The lowest BCUT2D eigenvalue weighted by molar-refractivity contribution is -0.384. The van der Waals surface area contributed by atoms with E-state index in [1.54, 1.807) is 0 Å². The number of nitrogens with one attached hydrogen (secondary N) is 1. The Balaban J connectivity index is 1.97. The standard InChI is InChI=1S/C12H14ClN3O4S/c13-10-5-9(16(17)18)1-2-12(10)21(19,20)15-4-3-8-6-14-7-11(8)15/h1-2,5,8,11,14H,3-4,6-7H2/t8-,11+/m0/s1. The molecule has 2 saturated heterocycles. The van der Waals surface area contributed by atoms with Crippen LogP contribution in [0, 0.1) is 16.0 Å². The highest BCUT2D eigenvalue weighted by Gasteiger charge is 2.44. The smallest absolute Gasteiger partial charge is 0.271 e. The Morgan fingerprint density at radius 3 is 2.81 bits per heavy atom. The fourth-order valence-corrected chi connectivity index (χ4v) is 5.26. The van der Waals surface area contributed by atoms with Gasteiger partial charge in [-0.05, 0) is 24.9 Å². The molecule has 0 amide bonds. The average molecular weight is 332 g/mol. The van der Waals surface area contributed by atoms with Crippen molar-refractivity contribution in [2.75, 3.05) is 19.6 Å². The number of halogens is 1. The van der Waals surface area contributed by atoms with E-state index in [1.165, 1.54) is 16.4 Å². The molecule has 0 aromatic heterocycles. The van der Waals surface area contributed by atoms with Crippen molar-refractivity contribution >= 4 is 27.3 Å². The summed E-state index contributed by atoms with van der Waals surface area (Å²) in [5.74, 6) is 0.330. The second kappa shape index (κ2) is 5.20. The molecule has 0 saturated carbocycles. The van der Waals surface area contributed by atoms with Crippen molar-refractivity contribution in [2.24, 2.45) is 5.92 Å². The van der Waals surface area contributed by atoms with Gasteiger partial charge in [-0.2, -0.15) is 4.31 Å². The first kappa shape index (κ1) is 14.7. The predicted molar refractivity (Wildman–Crippen MR) is 76.8 cm³/mol. The van der Waals surface area contributed by atoms with Crippen LogP contribution < -0.4 is 5.32 Å². The van der Waals surface area contributed by atoms with Gasteiger partial charge in [-0.25, -0.2) is 8.42 Å². The molecule has 2 heterocycles. The monoisotopic (exact) mass is 331 g/mol. The van der Waals surface area contributed by atoms with E-state index in [4.69, 9.17) is 11.6 Å². The summed E-state index contributed by atoms with van der Waals surface area (Å²) in [5.41, 5.74) is -0.221. The van der Waals surface area contributed by atoms with Crippen LogP contribution in [-0.4, -0.2) is 43.3 Å². The van der Waals surface area contributed by atoms with Crippen LogP contribution in [0.15, 0.2) is 23.1 Å². The van der Waals surface area contributed by atoms with Gasteiger partial charge in [-0.15, -0.1) is 0 Å². The largest absolute Gasteiger partial charge is 0.315 e. The fourth-order valence-electron chi connectivity index (χ4n) is 3.05. The van der Waals surface area contributed by atoms with Crippen LogP contribution in [0.2, 0.25) is 5.02 Å². The van der Waals surface area contributed by atoms with E-state index in [1.807, 2.05) is 0 Å². The molecule has 0 spiro atoms. The molecule has 2 atom stereocenters. The zero-order chi connectivity index (χ0) is 15.2. The third kappa shape index (κ3) is 2.42. The Morgan fingerprint density at radius 1 is 1.38 bits per heavy atom. The molecule has 1 aromatic carbocycles. The quantitative estimate of drug-likeness (QED) is 0.664. The highest BCUT2D eigenvalue weighted by atomic mass is 35.5. The van der Waals surface area contributed by atoms with Crippen LogP contribution in [0.5, 0.6) is 0 Å². The highest BCUT2D eigenvalue weighted by molar-refractivity contribution is 7.89. The van der Waals surface area contributed by atoms with E-state index in [0.29, 0.717) is 19.0 Å². The van der Waals surface area contributed by atoms with Gasteiger partial charge < -0.3 is 5.32 Å². The molecule has 3 rings (SSSR count). The Labute approximate surface area is 127 Å². The number of non-ortho nitro benzene ring substituents is 1. The molecule has 114 valence electrons. The summed E-state index contributed by atoms with van der Waals surface area (Å²) >= 11 is 5.95. The van der Waals surface area contributed by atoms with Crippen molar-refractivity contribution in [3.05, 3.63) is 33.3 Å². The number of nitro groups is 1. The van der Waals surface area contributed by atoms with Crippen LogP contribution in [0.3, 0.4) is 0 Å². The molecule has 2 aliphatic rings. The third-order valence-corrected chi connectivity index (χ3v) is 6.51. The van der Waals surface area contributed by atoms with Crippen molar-refractivity contribution in [3.63, 3.8) is 0 Å². The van der Waals surface area contributed by atoms with Gasteiger partial charge >= 0.3 is 0 Å². The maximum atomic E-state index is 12.7. The number of nitro benzene ring substituents is 1. The normalized spacial score (nSPS) is 26.0. The number of benzene rings is 1. The topological polar surface area (TPSA) is 92.5 Å². The summed E-state index contributed by atoms with van der Waals surface area (Å²) in [6, 6.07) is 3.40. The first-order chi connectivity index (χ1) is 9.91. The molecule has 0 aliphatic carbocycles. The molecule has 2 aliphatic heterocycles. The minimum Gasteiger partial charge on any atom is -0.315 e. The fraction of sp³-hybridized carbons (Fsp3) is 0.500. The Hall–Kier alpha value is -1.22. The molecule has 7 nitrogen and oxygen atoms in total. The molecule has 0 bridgehead atoms. The first-order valence-corrected chi connectivity index (χ1v) is 8.39. The summed E-state index contributed by atoms with van der Waals surface area (Å²) in [7, 11) is -3.73. The third-order valence-electron chi connectivity index (χ3n) is 4.11. The summed E-state index contributed by atoms with van der Waals surface area (Å²) in [6.45, 7) is 1.92. The Kier molecular flexibility index (Phi) is 3.64. The second-order valence-corrected chi connectivity index (χ2v) is 7.53. The van der Waals surface area contributed by atoms with Crippen LogP contribution >= 0.6 is 11.6 Å². The molecule has 9 heteroatoms. The van der Waals surface area contributed by atoms with Gasteiger partial charge in [0.05, 0.1) is 9.95 Å². The van der Waals surface area contributed by atoms with Crippen LogP contribution in [0.25, 0.3) is 0 Å². The first-order valence-electron chi connectivity index (χ1n) is 6.58. The lowest BCUT2D eigenvalue weighted by atomic mass is 10.1. The number of hydrogen-bond acceptors (Lipinski definition) is 5. The molecular formula is C12H14ClN3O4S. The minimum atomic E-state index is -3.73. The minimum absolute atomic E-state index is 0.0544. The van der Waals surface area contributed by atoms with E-state index >= 15 is 0 Å². The maximum Gasteiger partial charge on any atom is 0.271 e. The van der Waals surface area contributed by atoms with Crippen molar-refractivity contribution in [2.45, 2.75) is 17.4 Å². The highest BCUT2D eigenvalue weighted by Crippen LogP contribution is 2.35. The van der Waals surface area contributed by atoms with Gasteiger partial charge in [0.25, 0.3) is 5.69 Å². The maximum absolute atomic E-state index is 12.7. The predicted octanol–water partition coefficient (Wildman–Crippen LogP) is 1.23. The van der Waals surface area contributed by atoms with Crippen molar-refractivity contribution in [3.8, 4) is 0 Å². The lowest BCUT2D eigenvalue weighted by Gasteiger charge is -2.23. The van der Waals surface area contributed by atoms with Crippen molar-refractivity contribution in [1.82, 2.24) is 9.62 Å². The molecule has 0 unspecified atom stereocenters. The van der Waals surface area contributed by atoms with Crippen molar-refractivity contribution in [1.29, 1.82) is 0 Å².